The van der Waals surface area contributed by atoms with Crippen molar-refractivity contribution in [2.45, 2.75) is 317 Å². The Morgan fingerprint density at radius 2 is 0.532 bits per heavy atom. The molecule has 0 aliphatic rings. The highest BCUT2D eigenvalue weighted by atomic mass is 16.6. The SMILES string of the molecule is CCCCCCCCCCCCCCCCC(=O)OC[C@@H](COC(=O)CCCCCCCCCCCCCCCCC(C)C)OC(=O)CCCCCCCCCCCCC(C)C. The summed E-state index contributed by atoms with van der Waals surface area (Å²) in [5.74, 6) is 0.818. The molecule has 368 valence electrons. The van der Waals surface area contributed by atoms with Crippen LogP contribution in [0, 0.1) is 11.8 Å². The van der Waals surface area contributed by atoms with Crippen molar-refractivity contribution in [2.75, 3.05) is 13.2 Å². The fourth-order valence-corrected chi connectivity index (χ4v) is 8.52. The van der Waals surface area contributed by atoms with Crippen LogP contribution in [0.1, 0.15) is 311 Å². The number of carbonyl (C=O) groups excluding carboxylic acids is 3. The molecule has 0 saturated heterocycles. The van der Waals surface area contributed by atoms with Gasteiger partial charge in [0.1, 0.15) is 13.2 Å². The zero-order chi connectivity index (χ0) is 45.4. The van der Waals surface area contributed by atoms with Crippen molar-refractivity contribution in [1.29, 1.82) is 0 Å². The number of carbonyl (C=O) groups is 3. The third-order valence-electron chi connectivity index (χ3n) is 12.7. The van der Waals surface area contributed by atoms with Crippen LogP contribution in [0.4, 0.5) is 0 Å². The monoisotopic (exact) mass is 877 g/mol. The van der Waals surface area contributed by atoms with Crippen molar-refractivity contribution in [3.8, 4) is 0 Å². The highest BCUT2D eigenvalue weighted by Crippen LogP contribution is 2.18. The molecule has 0 N–H and O–H groups in total. The molecule has 0 rings (SSSR count). The van der Waals surface area contributed by atoms with Gasteiger partial charge in [0.05, 0.1) is 0 Å². The molecule has 0 spiro atoms. The van der Waals surface area contributed by atoms with Gasteiger partial charge in [0.25, 0.3) is 0 Å². The molecule has 0 radical (unpaired) electrons. The summed E-state index contributed by atoms with van der Waals surface area (Å²) in [6.07, 6.45) is 50.9. The van der Waals surface area contributed by atoms with Crippen molar-refractivity contribution in [3.05, 3.63) is 0 Å². The molecule has 0 unspecified atom stereocenters. The predicted molar refractivity (Wildman–Crippen MR) is 266 cm³/mol. The van der Waals surface area contributed by atoms with Crippen molar-refractivity contribution >= 4 is 17.9 Å². The van der Waals surface area contributed by atoms with Crippen molar-refractivity contribution < 1.29 is 28.6 Å². The molecule has 0 aromatic carbocycles. The quantitative estimate of drug-likeness (QED) is 0.0344. The second kappa shape index (κ2) is 48.9. The number of unbranched alkanes of at least 4 members (excludes halogenated alkanes) is 35. The Bertz CT molecular complexity index is 947. The van der Waals surface area contributed by atoms with Crippen LogP contribution in [-0.2, 0) is 28.6 Å². The molecule has 6 nitrogen and oxygen atoms in total. The van der Waals surface area contributed by atoms with E-state index in [0.29, 0.717) is 19.3 Å². The third kappa shape index (κ3) is 49.4. The minimum atomic E-state index is -0.762. The summed E-state index contributed by atoms with van der Waals surface area (Å²) in [6, 6.07) is 0. The van der Waals surface area contributed by atoms with Gasteiger partial charge >= 0.3 is 17.9 Å². The zero-order valence-corrected chi connectivity index (χ0v) is 42.5. The van der Waals surface area contributed by atoms with E-state index in [1.54, 1.807) is 0 Å². The lowest BCUT2D eigenvalue weighted by molar-refractivity contribution is -0.167. The number of rotatable bonds is 50. The van der Waals surface area contributed by atoms with E-state index in [0.717, 1.165) is 69.6 Å². The Labute approximate surface area is 387 Å². The molecular formula is C56H108O6. The molecule has 1 atom stereocenters. The van der Waals surface area contributed by atoms with E-state index in [1.165, 1.54) is 199 Å². The minimum absolute atomic E-state index is 0.0631. The van der Waals surface area contributed by atoms with Crippen LogP contribution in [0.5, 0.6) is 0 Å². The highest BCUT2D eigenvalue weighted by Gasteiger charge is 2.19. The molecule has 0 heterocycles. The van der Waals surface area contributed by atoms with Gasteiger partial charge in [-0.1, -0.05) is 272 Å². The van der Waals surface area contributed by atoms with Crippen molar-refractivity contribution in [1.82, 2.24) is 0 Å². The van der Waals surface area contributed by atoms with Crippen molar-refractivity contribution in [3.63, 3.8) is 0 Å². The van der Waals surface area contributed by atoms with E-state index in [9.17, 15) is 14.4 Å². The third-order valence-corrected chi connectivity index (χ3v) is 12.7. The molecule has 0 aliphatic heterocycles. The standard InChI is InChI=1S/C56H108O6/c1-6-7-8-9-10-11-12-13-17-20-26-31-36-41-46-54(57)60-49-53(62-56(59)48-43-38-33-28-23-22-25-30-35-40-45-52(4)5)50-61-55(58)47-42-37-32-27-21-18-15-14-16-19-24-29-34-39-44-51(2)3/h51-53H,6-50H2,1-5H3/t53-/m0/s1. The smallest absolute Gasteiger partial charge is 0.306 e. The lowest BCUT2D eigenvalue weighted by Crippen LogP contribution is -2.30. The van der Waals surface area contributed by atoms with Crippen LogP contribution in [-0.4, -0.2) is 37.2 Å². The van der Waals surface area contributed by atoms with Gasteiger partial charge in [0.2, 0.25) is 0 Å². The first-order chi connectivity index (χ1) is 30.2. The molecule has 0 aromatic rings. The molecule has 0 amide bonds. The molecule has 0 bridgehead atoms. The van der Waals surface area contributed by atoms with E-state index in [4.69, 9.17) is 14.2 Å². The lowest BCUT2D eigenvalue weighted by Gasteiger charge is -2.18. The van der Waals surface area contributed by atoms with Crippen LogP contribution < -0.4 is 0 Å². The minimum Gasteiger partial charge on any atom is -0.462 e. The predicted octanol–water partition coefficient (Wildman–Crippen LogP) is 18.1. The number of hydrogen-bond donors (Lipinski definition) is 0. The summed E-state index contributed by atoms with van der Waals surface area (Å²) >= 11 is 0. The van der Waals surface area contributed by atoms with Gasteiger partial charge in [0.15, 0.2) is 6.10 Å². The number of hydrogen-bond acceptors (Lipinski definition) is 6. The van der Waals surface area contributed by atoms with Gasteiger partial charge in [-0.3, -0.25) is 14.4 Å². The maximum atomic E-state index is 12.8. The van der Waals surface area contributed by atoms with Gasteiger partial charge in [-0.05, 0) is 31.1 Å². The van der Waals surface area contributed by atoms with E-state index in [2.05, 4.69) is 34.6 Å². The lowest BCUT2D eigenvalue weighted by atomic mass is 10.0. The maximum absolute atomic E-state index is 12.8. The largest absolute Gasteiger partial charge is 0.462 e. The molecule has 0 saturated carbocycles. The van der Waals surface area contributed by atoms with Gasteiger partial charge in [-0.15, -0.1) is 0 Å². The summed E-state index contributed by atoms with van der Waals surface area (Å²) in [7, 11) is 0. The summed E-state index contributed by atoms with van der Waals surface area (Å²) in [5.41, 5.74) is 0. The number of ether oxygens (including phenoxy) is 3. The maximum Gasteiger partial charge on any atom is 0.306 e. The van der Waals surface area contributed by atoms with Gasteiger partial charge in [-0.2, -0.15) is 0 Å². The van der Waals surface area contributed by atoms with Gasteiger partial charge in [-0.25, -0.2) is 0 Å². The van der Waals surface area contributed by atoms with Crippen LogP contribution in [0.3, 0.4) is 0 Å². The van der Waals surface area contributed by atoms with Crippen LogP contribution in [0.2, 0.25) is 0 Å². The van der Waals surface area contributed by atoms with E-state index in [1.807, 2.05) is 0 Å². The second-order valence-electron chi connectivity index (χ2n) is 20.2. The molecule has 0 aromatic heterocycles. The fraction of sp³-hybridized carbons (Fsp3) is 0.946. The first-order valence-corrected chi connectivity index (χ1v) is 27.7. The molecule has 0 aliphatic carbocycles. The second-order valence-corrected chi connectivity index (χ2v) is 20.2. The highest BCUT2D eigenvalue weighted by molar-refractivity contribution is 5.71. The van der Waals surface area contributed by atoms with Gasteiger partial charge < -0.3 is 14.2 Å². The molecular weight excluding hydrogens is 769 g/mol. The van der Waals surface area contributed by atoms with Crippen LogP contribution >= 0.6 is 0 Å². The van der Waals surface area contributed by atoms with Crippen LogP contribution in [0.25, 0.3) is 0 Å². The fourth-order valence-electron chi connectivity index (χ4n) is 8.52. The summed E-state index contributed by atoms with van der Waals surface area (Å²) in [6.45, 7) is 11.4. The molecule has 6 heteroatoms. The van der Waals surface area contributed by atoms with Gasteiger partial charge in [0, 0.05) is 19.3 Å². The Hall–Kier alpha value is -1.59. The molecule has 0 fully saturated rings. The summed E-state index contributed by atoms with van der Waals surface area (Å²) in [5, 5.41) is 0. The Morgan fingerprint density at radius 1 is 0.306 bits per heavy atom. The summed E-state index contributed by atoms with van der Waals surface area (Å²) in [4.78, 5) is 38.0. The first kappa shape index (κ1) is 60.4. The topological polar surface area (TPSA) is 78.9 Å². The Morgan fingerprint density at radius 3 is 0.790 bits per heavy atom. The normalized spacial score (nSPS) is 12.0. The van der Waals surface area contributed by atoms with E-state index in [-0.39, 0.29) is 31.1 Å². The Balaban J connectivity index is 4.29. The van der Waals surface area contributed by atoms with E-state index >= 15 is 0 Å². The van der Waals surface area contributed by atoms with Crippen LogP contribution in [0.15, 0.2) is 0 Å². The van der Waals surface area contributed by atoms with E-state index < -0.39 is 6.10 Å². The zero-order valence-electron chi connectivity index (χ0n) is 42.5. The first-order valence-electron chi connectivity index (χ1n) is 27.7. The number of esters is 3. The average molecular weight is 877 g/mol. The van der Waals surface area contributed by atoms with Crippen molar-refractivity contribution in [2.24, 2.45) is 11.8 Å². The molecule has 62 heavy (non-hydrogen) atoms. The summed E-state index contributed by atoms with van der Waals surface area (Å²) < 4.78 is 16.9. The Kier molecular flexibility index (Phi) is 47.6. The average Bonchev–Trinajstić information content (AvgIpc) is 3.24.